The Morgan fingerprint density at radius 2 is 0.893 bits per heavy atom. The summed E-state index contributed by atoms with van der Waals surface area (Å²) in [5.41, 5.74) is 2.22. The fraction of sp³-hybridized carbons (Fsp3) is 0.167. The van der Waals surface area contributed by atoms with Crippen LogP contribution in [-0.4, -0.2) is 36.6 Å². The Hall–Kier alpha value is -3.08. The maximum atomic E-state index is 9.09. The highest BCUT2D eigenvalue weighted by Gasteiger charge is 2.13. The Morgan fingerprint density at radius 1 is 0.500 bits per heavy atom. The molecule has 2 N–H and O–H groups in total. The van der Waals surface area contributed by atoms with Crippen LogP contribution >= 0.6 is 0 Å². The van der Waals surface area contributed by atoms with Crippen molar-refractivity contribution in [2.45, 2.75) is 0 Å². The van der Waals surface area contributed by atoms with E-state index in [2.05, 4.69) is 24.3 Å². The van der Waals surface area contributed by atoms with Crippen molar-refractivity contribution >= 4 is 21.5 Å². The van der Waals surface area contributed by atoms with Crippen molar-refractivity contribution in [3.63, 3.8) is 0 Å². The average molecular weight is 374 g/mol. The van der Waals surface area contributed by atoms with Crippen molar-refractivity contribution in [2.75, 3.05) is 26.4 Å². The number of aliphatic hydroxyl groups excluding tert-OH is 2. The summed E-state index contributed by atoms with van der Waals surface area (Å²) < 4.78 is 11.4. The third-order valence-electron chi connectivity index (χ3n) is 4.76. The van der Waals surface area contributed by atoms with Crippen LogP contribution in [0.5, 0.6) is 11.5 Å². The maximum Gasteiger partial charge on any atom is 0.127 e. The van der Waals surface area contributed by atoms with Gasteiger partial charge in [-0.15, -0.1) is 0 Å². The molecule has 0 fully saturated rings. The number of aliphatic hydroxyl groups is 2. The molecule has 0 saturated heterocycles. The molecule has 28 heavy (non-hydrogen) atoms. The quantitative estimate of drug-likeness (QED) is 0.503. The molecule has 0 aliphatic carbocycles. The lowest BCUT2D eigenvalue weighted by molar-refractivity contribution is 0.203. The molecule has 0 aliphatic heterocycles. The van der Waals surface area contributed by atoms with Gasteiger partial charge in [0.05, 0.1) is 13.2 Å². The van der Waals surface area contributed by atoms with Gasteiger partial charge in [-0.1, -0.05) is 60.7 Å². The average Bonchev–Trinajstić information content (AvgIpc) is 2.76. The van der Waals surface area contributed by atoms with Gasteiger partial charge in [0.25, 0.3) is 0 Å². The molecule has 4 rings (SSSR count). The summed E-state index contributed by atoms with van der Waals surface area (Å²) in [6.07, 6.45) is 0. The monoisotopic (exact) mass is 374 g/mol. The van der Waals surface area contributed by atoms with Gasteiger partial charge < -0.3 is 19.7 Å². The Morgan fingerprint density at radius 3 is 1.29 bits per heavy atom. The highest BCUT2D eigenvalue weighted by molar-refractivity contribution is 6.08. The molecule has 0 unspecified atom stereocenters. The molecule has 4 aromatic carbocycles. The minimum atomic E-state index is -0.0178. The van der Waals surface area contributed by atoms with E-state index in [0.717, 1.165) is 44.2 Å². The number of hydrogen-bond acceptors (Lipinski definition) is 4. The molecule has 0 aromatic heterocycles. The normalized spacial score (nSPS) is 11.1. The zero-order chi connectivity index (χ0) is 19.3. The molecule has 0 atom stereocenters. The van der Waals surface area contributed by atoms with E-state index >= 15 is 0 Å². The van der Waals surface area contributed by atoms with Gasteiger partial charge in [-0.2, -0.15) is 0 Å². The summed E-state index contributed by atoms with van der Waals surface area (Å²) >= 11 is 0. The first kappa shape index (κ1) is 18.3. The van der Waals surface area contributed by atoms with Crippen molar-refractivity contribution in [1.29, 1.82) is 0 Å². The van der Waals surface area contributed by atoms with Gasteiger partial charge in [0.2, 0.25) is 0 Å². The second-order valence-corrected chi connectivity index (χ2v) is 6.46. The van der Waals surface area contributed by atoms with Crippen LogP contribution < -0.4 is 9.47 Å². The van der Waals surface area contributed by atoms with Crippen molar-refractivity contribution < 1.29 is 19.7 Å². The van der Waals surface area contributed by atoms with E-state index < -0.39 is 0 Å². The molecule has 4 heteroatoms. The zero-order valence-corrected chi connectivity index (χ0v) is 15.5. The van der Waals surface area contributed by atoms with E-state index in [1.807, 2.05) is 48.5 Å². The smallest absolute Gasteiger partial charge is 0.127 e. The number of benzene rings is 4. The van der Waals surface area contributed by atoms with E-state index in [9.17, 15) is 0 Å². The molecule has 142 valence electrons. The van der Waals surface area contributed by atoms with Crippen molar-refractivity contribution in [3.8, 4) is 22.6 Å². The van der Waals surface area contributed by atoms with Crippen molar-refractivity contribution in [3.05, 3.63) is 72.8 Å². The first-order chi connectivity index (χ1) is 13.8. The first-order valence-electron chi connectivity index (χ1n) is 9.34. The van der Waals surface area contributed by atoms with Crippen LogP contribution in [0.1, 0.15) is 0 Å². The zero-order valence-electron chi connectivity index (χ0n) is 15.5. The second kappa shape index (κ2) is 8.30. The molecule has 0 radical (unpaired) electrons. The molecule has 4 aromatic rings. The summed E-state index contributed by atoms with van der Waals surface area (Å²) in [7, 11) is 0. The Bertz CT molecular complexity index is 1010. The van der Waals surface area contributed by atoms with Crippen molar-refractivity contribution in [2.24, 2.45) is 0 Å². The maximum absolute atomic E-state index is 9.09. The summed E-state index contributed by atoms with van der Waals surface area (Å²) in [6, 6.07) is 24.3. The predicted molar refractivity (Wildman–Crippen MR) is 112 cm³/mol. The fourth-order valence-corrected chi connectivity index (χ4v) is 3.58. The summed E-state index contributed by atoms with van der Waals surface area (Å²) in [4.78, 5) is 0. The molecule has 0 heterocycles. The van der Waals surface area contributed by atoms with Gasteiger partial charge in [-0.25, -0.2) is 0 Å². The van der Waals surface area contributed by atoms with Crippen LogP contribution in [0.3, 0.4) is 0 Å². The van der Waals surface area contributed by atoms with Crippen LogP contribution in [0.2, 0.25) is 0 Å². The number of rotatable bonds is 7. The summed E-state index contributed by atoms with van der Waals surface area (Å²) in [5, 5.41) is 22.4. The lowest BCUT2D eigenvalue weighted by Crippen LogP contribution is -2.02. The predicted octanol–water partition coefficient (Wildman–Crippen LogP) is 4.40. The molecule has 0 aliphatic rings. The number of ether oxygens (including phenoxy) is 2. The van der Waals surface area contributed by atoms with E-state index in [0.29, 0.717) is 0 Å². The first-order valence-corrected chi connectivity index (χ1v) is 9.34. The molecule has 4 nitrogen and oxygen atoms in total. The molecular formula is C24H22O4. The summed E-state index contributed by atoms with van der Waals surface area (Å²) in [5.74, 6) is 1.53. The van der Waals surface area contributed by atoms with Gasteiger partial charge in [-0.05, 0) is 34.0 Å². The molecular weight excluding hydrogens is 352 g/mol. The van der Waals surface area contributed by atoms with Crippen LogP contribution in [0.4, 0.5) is 0 Å². The van der Waals surface area contributed by atoms with Gasteiger partial charge in [0.15, 0.2) is 0 Å². The highest BCUT2D eigenvalue weighted by Crippen LogP contribution is 2.39. The second-order valence-electron chi connectivity index (χ2n) is 6.46. The van der Waals surface area contributed by atoms with Crippen molar-refractivity contribution in [1.82, 2.24) is 0 Å². The standard InChI is InChI=1S/C24H22O4/c25-13-15-27-23-11-9-19(17-5-1-3-7-21(17)23)20-10-12-24(28-16-14-26)22-8-4-2-6-18(20)22/h1-12,25-26H,13-16H2. The SMILES string of the molecule is OCCOc1ccc(-c2ccc(OCCO)c3ccccc23)c2ccccc12. The Kier molecular flexibility index (Phi) is 5.42. The Balaban J connectivity index is 1.90. The fourth-order valence-electron chi connectivity index (χ4n) is 3.58. The van der Waals surface area contributed by atoms with E-state index in [1.54, 1.807) is 0 Å². The van der Waals surface area contributed by atoms with Gasteiger partial charge in [0, 0.05) is 10.8 Å². The Labute approximate surface area is 163 Å². The van der Waals surface area contributed by atoms with E-state index in [4.69, 9.17) is 19.7 Å². The lowest BCUT2D eigenvalue weighted by atomic mass is 9.93. The number of hydrogen-bond donors (Lipinski definition) is 2. The number of fused-ring (bicyclic) bond motifs is 2. The minimum absolute atomic E-state index is 0.0178. The molecule has 0 bridgehead atoms. The molecule has 0 amide bonds. The summed E-state index contributed by atoms with van der Waals surface area (Å²) in [6.45, 7) is 0.498. The molecule has 0 spiro atoms. The van der Waals surface area contributed by atoms with E-state index in [-0.39, 0.29) is 26.4 Å². The molecule has 0 saturated carbocycles. The van der Waals surface area contributed by atoms with Crippen LogP contribution in [0.25, 0.3) is 32.7 Å². The largest absolute Gasteiger partial charge is 0.491 e. The third kappa shape index (κ3) is 3.40. The van der Waals surface area contributed by atoms with Gasteiger partial charge in [-0.3, -0.25) is 0 Å². The van der Waals surface area contributed by atoms with Crippen LogP contribution in [0, 0.1) is 0 Å². The highest BCUT2D eigenvalue weighted by atomic mass is 16.5. The van der Waals surface area contributed by atoms with Crippen LogP contribution in [0.15, 0.2) is 72.8 Å². The third-order valence-corrected chi connectivity index (χ3v) is 4.76. The van der Waals surface area contributed by atoms with E-state index in [1.165, 1.54) is 0 Å². The minimum Gasteiger partial charge on any atom is -0.491 e. The topological polar surface area (TPSA) is 58.9 Å². The van der Waals surface area contributed by atoms with Gasteiger partial charge >= 0.3 is 0 Å². The van der Waals surface area contributed by atoms with Gasteiger partial charge in [0.1, 0.15) is 24.7 Å². The lowest BCUT2D eigenvalue weighted by Gasteiger charge is -2.15. The van der Waals surface area contributed by atoms with Crippen LogP contribution in [-0.2, 0) is 0 Å².